The number of nitrogens with zero attached hydrogens (tertiary/aromatic N) is 2. The molecule has 0 bridgehead atoms. The summed E-state index contributed by atoms with van der Waals surface area (Å²) in [4.78, 5) is 28.4. The van der Waals surface area contributed by atoms with Crippen molar-refractivity contribution in [2.45, 2.75) is 51.8 Å². The molecule has 1 saturated heterocycles. The van der Waals surface area contributed by atoms with E-state index in [0.29, 0.717) is 19.5 Å². The average molecular weight is 348 g/mol. The number of likely N-dealkylation sites (tertiary alicyclic amines) is 1. The summed E-state index contributed by atoms with van der Waals surface area (Å²) in [5.41, 5.74) is 0.445. The standard InChI is InChI=1S/C19H28N2O4/c1-19(2,3)25-18(23)21-12-6-7-16(21)17(22)20(4)13-14-8-10-15(24-5)11-9-14/h8-11,16H,6-7,12-13H2,1-5H3. The molecule has 1 fully saturated rings. The maximum Gasteiger partial charge on any atom is 0.410 e. The molecule has 138 valence electrons. The van der Waals surface area contributed by atoms with E-state index in [1.54, 1.807) is 24.0 Å². The molecule has 1 unspecified atom stereocenters. The number of carbonyl (C=O) groups excluding carboxylic acids is 2. The monoisotopic (exact) mass is 348 g/mol. The number of carbonyl (C=O) groups is 2. The van der Waals surface area contributed by atoms with E-state index in [0.717, 1.165) is 17.7 Å². The first-order valence-corrected chi connectivity index (χ1v) is 8.59. The van der Waals surface area contributed by atoms with Gasteiger partial charge in [-0.05, 0) is 51.3 Å². The van der Waals surface area contributed by atoms with E-state index in [1.165, 1.54) is 0 Å². The molecule has 2 amide bonds. The van der Waals surface area contributed by atoms with Crippen molar-refractivity contribution in [3.63, 3.8) is 0 Å². The zero-order chi connectivity index (χ0) is 18.6. The number of hydrogen-bond acceptors (Lipinski definition) is 4. The second-order valence-electron chi connectivity index (χ2n) is 7.37. The number of rotatable bonds is 4. The van der Waals surface area contributed by atoms with Crippen molar-refractivity contribution in [3.05, 3.63) is 29.8 Å². The first-order valence-electron chi connectivity index (χ1n) is 8.59. The van der Waals surface area contributed by atoms with Crippen molar-refractivity contribution >= 4 is 12.0 Å². The van der Waals surface area contributed by atoms with Crippen LogP contribution in [0.2, 0.25) is 0 Å². The van der Waals surface area contributed by atoms with Crippen molar-refractivity contribution in [2.75, 3.05) is 20.7 Å². The van der Waals surface area contributed by atoms with Crippen LogP contribution in [-0.2, 0) is 16.1 Å². The quantitative estimate of drug-likeness (QED) is 0.839. The number of amides is 2. The molecular formula is C19H28N2O4. The fraction of sp³-hybridized carbons (Fsp3) is 0.579. The topological polar surface area (TPSA) is 59.1 Å². The van der Waals surface area contributed by atoms with Crippen LogP contribution in [-0.4, -0.2) is 54.1 Å². The first-order chi connectivity index (χ1) is 11.7. The van der Waals surface area contributed by atoms with Gasteiger partial charge in [0.15, 0.2) is 0 Å². The first kappa shape index (κ1) is 19.1. The Labute approximate surface area is 149 Å². The lowest BCUT2D eigenvalue weighted by Gasteiger charge is -2.30. The molecule has 1 heterocycles. The molecule has 1 aliphatic rings. The Balaban J connectivity index is 2.00. The van der Waals surface area contributed by atoms with Crippen LogP contribution in [0.15, 0.2) is 24.3 Å². The number of ether oxygens (including phenoxy) is 2. The summed E-state index contributed by atoms with van der Waals surface area (Å²) in [6.07, 6.45) is 1.07. The van der Waals surface area contributed by atoms with Gasteiger partial charge in [-0.1, -0.05) is 12.1 Å². The summed E-state index contributed by atoms with van der Waals surface area (Å²) in [7, 11) is 3.38. The van der Waals surface area contributed by atoms with Gasteiger partial charge in [-0.2, -0.15) is 0 Å². The van der Waals surface area contributed by atoms with Crippen LogP contribution in [0, 0.1) is 0 Å². The van der Waals surface area contributed by atoms with E-state index in [4.69, 9.17) is 9.47 Å². The molecule has 0 radical (unpaired) electrons. The van der Waals surface area contributed by atoms with Gasteiger partial charge in [0, 0.05) is 20.1 Å². The minimum atomic E-state index is -0.567. The Morgan fingerprint density at radius 2 is 1.88 bits per heavy atom. The van der Waals surface area contributed by atoms with Gasteiger partial charge in [-0.15, -0.1) is 0 Å². The van der Waals surface area contributed by atoms with Gasteiger partial charge in [-0.25, -0.2) is 4.79 Å². The molecular weight excluding hydrogens is 320 g/mol. The van der Waals surface area contributed by atoms with Crippen molar-refractivity contribution in [3.8, 4) is 5.75 Å². The van der Waals surface area contributed by atoms with Crippen LogP contribution in [0.3, 0.4) is 0 Å². The molecule has 1 aromatic carbocycles. The van der Waals surface area contributed by atoms with E-state index in [-0.39, 0.29) is 5.91 Å². The Morgan fingerprint density at radius 3 is 2.44 bits per heavy atom. The highest BCUT2D eigenvalue weighted by Crippen LogP contribution is 2.23. The Bertz CT molecular complexity index is 607. The van der Waals surface area contributed by atoms with E-state index in [2.05, 4.69) is 0 Å². The highest BCUT2D eigenvalue weighted by atomic mass is 16.6. The predicted octanol–water partition coefficient (Wildman–Crippen LogP) is 3.05. The SMILES string of the molecule is COc1ccc(CN(C)C(=O)C2CCCN2C(=O)OC(C)(C)C)cc1. The zero-order valence-electron chi connectivity index (χ0n) is 15.7. The molecule has 1 aromatic rings. The third-order valence-corrected chi connectivity index (χ3v) is 4.12. The largest absolute Gasteiger partial charge is 0.497 e. The second kappa shape index (κ2) is 7.76. The van der Waals surface area contributed by atoms with Gasteiger partial charge in [-0.3, -0.25) is 9.69 Å². The molecule has 0 aromatic heterocycles. The van der Waals surface area contributed by atoms with Crippen LogP contribution < -0.4 is 4.74 Å². The second-order valence-corrected chi connectivity index (χ2v) is 7.37. The maximum absolute atomic E-state index is 12.8. The van der Waals surface area contributed by atoms with Crippen LogP contribution in [0.25, 0.3) is 0 Å². The molecule has 6 nitrogen and oxygen atoms in total. The van der Waals surface area contributed by atoms with Crippen LogP contribution in [0.5, 0.6) is 5.75 Å². The van der Waals surface area contributed by atoms with Gasteiger partial charge >= 0.3 is 6.09 Å². The van der Waals surface area contributed by atoms with Gasteiger partial charge < -0.3 is 14.4 Å². The lowest BCUT2D eigenvalue weighted by Crippen LogP contribution is -2.47. The van der Waals surface area contributed by atoms with Crippen molar-refractivity contribution in [1.82, 2.24) is 9.80 Å². The highest BCUT2D eigenvalue weighted by Gasteiger charge is 2.37. The predicted molar refractivity (Wildman–Crippen MR) is 95.4 cm³/mol. The van der Waals surface area contributed by atoms with Crippen LogP contribution in [0.4, 0.5) is 4.79 Å². The summed E-state index contributed by atoms with van der Waals surface area (Å²) in [6, 6.07) is 7.16. The van der Waals surface area contributed by atoms with Crippen molar-refractivity contribution in [1.29, 1.82) is 0 Å². The molecule has 2 rings (SSSR count). The molecule has 0 spiro atoms. The summed E-state index contributed by atoms with van der Waals surface area (Å²) in [5.74, 6) is 0.726. The van der Waals surface area contributed by atoms with E-state index < -0.39 is 17.7 Å². The Hall–Kier alpha value is -2.24. The molecule has 1 aliphatic heterocycles. The maximum atomic E-state index is 12.8. The molecule has 1 atom stereocenters. The summed E-state index contributed by atoms with van der Waals surface area (Å²) in [5, 5.41) is 0. The van der Waals surface area contributed by atoms with Gasteiger partial charge in [0.05, 0.1) is 7.11 Å². The lowest BCUT2D eigenvalue weighted by molar-refractivity contribution is -0.135. The molecule has 6 heteroatoms. The van der Waals surface area contributed by atoms with Crippen LogP contribution in [0.1, 0.15) is 39.2 Å². The lowest BCUT2D eigenvalue weighted by atomic mass is 10.1. The Morgan fingerprint density at radius 1 is 1.24 bits per heavy atom. The number of benzene rings is 1. The molecule has 0 N–H and O–H groups in total. The van der Waals surface area contributed by atoms with Crippen molar-refractivity contribution < 1.29 is 19.1 Å². The summed E-state index contributed by atoms with van der Waals surface area (Å²) >= 11 is 0. The van der Waals surface area contributed by atoms with Gasteiger partial charge in [0.2, 0.25) is 5.91 Å². The Kier molecular flexibility index (Phi) is 5.93. The molecule has 0 saturated carbocycles. The van der Waals surface area contributed by atoms with Gasteiger partial charge in [0.25, 0.3) is 0 Å². The van der Waals surface area contributed by atoms with Gasteiger partial charge in [0.1, 0.15) is 17.4 Å². The van der Waals surface area contributed by atoms with E-state index in [9.17, 15) is 9.59 Å². The fourth-order valence-electron chi connectivity index (χ4n) is 2.90. The molecule has 25 heavy (non-hydrogen) atoms. The average Bonchev–Trinajstić information content (AvgIpc) is 3.03. The molecule has 0 aliphatic carbocycles. The normalized spacial score (nSPS) is 17.3. The minimum absolute atomic E-state index is 0.0563. The van der Waals surface area contributed by atoms with Crippen LogP contribution >= 0.6 is 0 Å². The smallest absolute Gasteiger partial charge is 0.410 e. The van der Waals surface area contributed by atoms with E-state index >= 15 is 0 Å². The zero-order valence-corrected chi connectivity index (χ0v) is 15.7. The third-order valence-electron chi connectivity index (χ3n) is 4.12. The summed E-state index contributed by atoms with van der Waals surface area (Å²) < 4.78 is 10.6. The van der Waals surface area contributed by atoms with Crippen molar-refractivity contribution in [2.24, 2.45) is 0 Å². The fourth-order valence-corrected chi connectivity index (χ4v) is 2.90. The minimum Gasteiger partial charge on any atom is -0.497 e. The number of methoxy groups -OCH3 is 1. The third kappa shape index (κ3) is 5.11. The number of hydrogen-bond donors (Lipinski definition) is 0. The highest BCUT2D eigenvalue weighted by molar-refractivity contribution is 5.86. The van der Waals surface area contributed by atoms with E-state index in [1.807, 2.05) is 45.0 Å². The summed E-state index contributed by atoms with van der Waals surface area (Å²) in [6.45, 7) is 6.53. The number of likely N-dealkylation sites (N-methyl/N-ethyl adjacent to an activating group) is 1.